The zero-order chi connectivity index (χ0) is 95.9. The minimum Gasteiger partial charge on any atom is -0.368 e. The maximum atomic E-state index is 15.1. The number of hydrogen-bond acceptors (Lipinski definition) is 21. The molecule has 3 aromatic carbocycles. The summed E-state index contributed by atoms with van der Waals surface area (Å²) in [5.74, 6) is -0.705. The van der Waals surface area contributed by atoms with Crippen molar-refractivity contribution in [2.45, 2.75) is 184 Å². The van der Waals surface area contributed by atoms with Crippen LogP contribution in [0.2, 0.25) is 15.1 Å². The average molecular weight is 1850 g/mol. The van der Waals surface area contributed by atoms with E-state index in [2.05, 4.69) is 88.3 Å². The molecule has 4 amide bonds. The SMILES string of the molecule is C=CC(=O)N1CC(C)N(c2nc(=O)n(-c3c(C(C)C)ccnc3C(=O)N(C)C)c3nc(-c4ccccc4F)c(Cl)cc23)CC1C.C=CC(=O)N1CC(C)N(c2nc(=O)n(-c3c(C(C)C)nc(N)nc3C(C)C)c3nc(-c4ccccc4F)c(Cl)cc23)CC1C.C=CC(=O)N1CC(C)N(c2nc(=O)n(-c3c(C)ccnc3C(C)C)c3nc(-c4ccccc4C(C)C)c(Cl)cc23)CC1C. The summed E-state index contributed by atoms with van der Waals surface area (Å²) in [5.41, 5.74) is 13.4. The molecule has 3 saturated heterocycles. The van der Waals surface area contributed by atoms with Crippen molar-refractivity contribution in [3.63, 3.8) is 0 Å². The number of aromatic nitrogens is 13. The number of piperazine rings is 3. The summed E-state index contributed by atoms with van der Waals surface area (Å²) in [6, 6.07) is 28.1. The Balaban J connectivity index is 0.000000168. The molecule has 0 saturated carbocycles. The van der Waals surface area contributed by atoms with Gasteiger partial charge in [-0.05, 0) is 168 Å². The Morgan fingerprint density at radius 2 is 0.765 bits per heavy atom. The summed E-state index contributed by atoms with van der Waals surface area (Å²) in [5, 5.41) is 2.39. The highest BCUT2D eigenvalue weighted by Gasteiger charge is 2.40. The van der Waals surface area contributed by atoms with Crippen molar-refractivity contribution in [1.82, 2.24) is 83.1 Å². The van der Waals surface area contributed by atoms with E-state index in [4.69, 9.17) is 60.5 Å². The number of pyridine rings is 5. The molecule has 688 valence electrons. The molecule has 0 spiro atoms. The molecule has 132 heavy (non-hydrogen) atoms. The van der Waals surface area contributed by atoms with E-state index in [9.17, 15) is 33.6 Å². The Morgan fingerprint density at radius 3 is 1.12 bits per heavy atom. The van der Waals surface area contributed by atoms with Gasteiger partial charge in [0.25, 0.3) is 5.91 Å². The number of rotatable bonds is 18. The van der Waals surface area contributed by atoms with Crippen molar-refractivity contribution in [2.75, 3.05) is 73.8 Å². The van der Waals surface area contributed by atoms with Crippen LogP contribution in [0.5, 0.6) is 0 Å². The molecule has 33 heteroatoms. The molecule has 0 bridgehead atoms. The molecule has 2 N–H and O–H groups in total. The van der Waals surface area contributed by atoms with Crippen molar-refractivity contribution < 1.29 is 28.0 Å². The second-order valence-corrected chi connectivity index (χ2v) is 36.8. The van der Waals surface area contributed by atoms with Crippen molar-refractivity contribution >= 4 is 115 Å². The lowest BCUT2D eigenvalue weighted by atomic mass is 9.95. The molecule has 6 unspecified atom stereocenters. The van der Waals surface area contributed by atoms with Crippen molar-refractivity contribution in [2.24, 2.45) is 0 Å². The molecular formula is C99H110Cl3F2N21O7. The van der Waals surface area contributed by atoms with Crippen LogP contribution in [0, 0.1) is 18.6 Å². The Kier molecular flexibility index (Phi) is 28.9. The smallest absolute Gasteiger partial charge is 0.355 e. The summed E-state index contributed by atoms with van der Waals surface area (Å²) in [6.45, 7) is 47.2. The zero-order valence-corrected chi connectivity index (χ0v) is 80.0. The minimum absolute atomic E-state index is 0.0480. The topological polar surface area (TPSA) is 312 Å². The van der Waals surface area contributed by atoms with Gasteiger partial charge in [0, 0.05) is 119 Å². The molecule has 3 aliphatic heterocycles. The number of halogens is 5. The number of carbonyl (C=O) groups is 4. The van der Waals surface area contributed by atoms with Gasteiger partial charge in [-0.2, -0.15) is 15.0 Å². The largest absolute Gasteiger partial charge is 0.368 e. The van der Waals surface area contributed by atoms with Crippen LogP contribution in [0.15, 0.2) is 168 Å². The fourth-order valence-corrected chi connectivity index (χ4v) is 18.3. The van der Waals surface area contributed by atoms with Gasteiger partial charge in [0.1, 0.15) is 29.1 Å². The number of aryl methyl sites for hydroxylation is 1. The number of hydrogen-bond donors (Lipinski definition) is 1. The Hall–Kier alpha value is -13.1. The lowest BCUT2D eigenvalue weighted by Gasteiger charge is -2.44. The van der Waals surface area contributed by atoms with Crippen LogP contribution in [0.4, 0.5) is 32.2 Å². The molecule has 9 aromatic heterocycles. The van der Waals surface area contributed by atoms with Crippen LogP contribution >= 0.6 is 34.8 Å². The van der Waals surface area contributed by atoms with Gasteiger partial charge in [-0.1, -0.05) is 172 Å². The molecule has 28 nitrogen and oxygen atoms in total. The van der Waals surface area contributed by atoms with E-state index in [0.717, 1.165) is 22.4 Å². The summed E-state index contributed by atoms with van der Waals surface area (Å²) in [7, 11) is 3.21. The maximum absolute atomic E-state index is 15.1. The Bertz CT molecular complexity index is 6750. The summed E-state index contributed by atoms with van der Waals surface area (Å²) in [6.07, 6.45) is 7.23. The summed E-state index contributed by atoms with van der Waals surface area (Å²) < 4.78 is 34.4. The molecule has 15 rings (SSSR count). The monoisotopic (exact) mass is 1850 g/mol. The highest BCUT2D eigenvalue weighted by Crippen LogP contribution is 2.44. The van der Waals surface area contributed by atoms with Crippen LogP contribution in [-0.4, -0.2) is 196 Å². The maximum Gasteiger partial charge on any atom is 0.355 e. The van der Waals surface area contributed by atoms with Crippen LogP contribution in [0.1, 0.15) is 185 Å². The highest BCUT2D eigenvalue weighted by atomic mass is 35.5. The Labute approximate surface area is 780 Å². The molecule has 0 aliphatic carbocycles. The van der Waals surface area contributed by atoms with Gasteiger partial charge in [-0.25, -0.2) is 66.8 Å². The van der Waals surface area contributed by atoms with E-state index < -0.39 is 34.6 Å². The van der Waals surface area contributed by atoms with Crippen molar-refractivity contribution in [3.05, 3.63) is 251 Å². The molecule has 6 atom stereocenters. The summed E-state index contributed by atoms with van der Waals surface area (Å²) >= 11 is 20.7. The molecule has 3 aliphatic rings. The lowest BCUT2D eigenvalue weighted by molar-refractivity contribution is -0.129. The summed E-state index contributed by atoms with van der Waals surface area (Å²) in [4.78, 5) is 153. The minimum atomic E-state index is -0.695. The zero-order valence-electron chi connectivity index (χ0n) is 77.7. The standard InChI is InChI=1S/C34H39ClN6O2.C33H35ClFN7O3.C32H36ClFN8O2/c1-9-28(42)39-17-23(8)40(18-22(39)7)32-26-16-27(35)30(25-13-11-10-12-24(25)19(2)3)37-33(26)41(34(43)38-32)31-21(6)14-15-36-29(31)20(4)5;1-8-26(43)40-16-20(5)41(17-19(40)4)30-23-15-24(34)27(22-11-9-10-12-25(22)35)37-31(23)42(33(45)38-30)29-21(18(2)3)13-14-36-28(29)32(44)39(6)7;1-8-24(43)40-14-19(7)41(15-18(40)6)29-21-13-22(33)27(20-11-9-10-12-23(20)34)36-30(21)42(32(44)39-29)28-25(16(2)3)37-31(35)38-26(28)17(4)5/h9-16,19-20,22-23H,1,17-18H2,2-8H3;8-15,18-20H,1,16-17H2,2-7H3;8-13,16-19H,1,14-15H2,2-7H3,(H2,35,37,38). The first-order valence-corrected chi connectivity index (χ1v) is 45.2. The average Bonchev–Trinajstić information content (AvgIpc) is 0.737. The number of benzene rings is 3. The number of nitrogens with two attached hydrogens (primary N) is 1. The third kappa shape index (κ3) is 18.7. The predicted molar refractivity (Wildman–Crippen MR) is 520 cm³/mol. The molecule has 12 heterocycles. The van der Waals surface area contributed by atoms with Crippen LogP contribution in [0.25, 0.3) is 83.9 Å². The van der Waals surface area contributed by atoms with Crippen LogP contribution in [-0.2, 0) is 14.4 Å². The number of nitrogen functional groups attached to an aromatic ring is 1. The first kappa shape index (κ1) is 96.5. The van der Waals surface area contributed by atoms with Crippen LogP contribution in [0.3, 0.4) is 0 Å². The van der Waals surface area contributed by atoms with E-state index in [1.54, 1.807) is 94.2 Å². The molecular weight excluding hydrogens is 1740 g/mol. The van der Waals surface area contributed by atoms with Gasteiger partial charge in [-0.15, -0.1) is 0 Å². The van der Waals surface area contributed by atoms with E-state index >= 15 is 8.78 Å². The number of fused-ring (bicyclic) bond motifs is 3. The van der Waals surface area contributed by atoms with E-state index in [1.165, 1.54) is 50.6 Å². The van der Waals surface area contributed by atoms with Crippen molar-refractivity contribution in [3.8, 4) is 50.8 Å². The lowest BCUT2D eigenvalue weighted by Crippen LogP contribution is -2.58. The predicted octanol–water partition coefficient (Wildman–Crippen LogP) is 17.2. The number of anilines is 4. The van der Waals surface area contributed by atoms with Gasteiger partial charge < -0.3 is 40.0 Å². The second-order valence-electron chi connectivity index (χ2n) is 35.5. The third-order valence-corrected chi connectivity index (χ3v) is 25.1. The highest BCUT2D eigenvalue weighted by molar-refractivity contribution is 6.35. The van der Waals surface area contributed by atoms with Crippen LogP contribution < -0.4 is 37.5 Å². The Morgan fingerprint density at radius 1 is 0.424 bits per heavy atom. The van der Waals surface area contributed by atoms with E-state index in [1.807, 2.05) is 130 Å². The quantitative estimate of drug-likeness (QED) is 0.0780. The van der Waals surface area contributed by atoms with Gasteiger partial charge >= 0.3 is 17.1 Å². The van der Waals surface area contributed by atoms with E-state index in [-0.39, 0.29) is 145 Å². The van der Waals surface area contributed by atoms with E-state index in [0.29, 0.717) is 118 Å². The van der Waals surface area contributed by atoms with Gasteiger partial charge in [0.2, 0.25) is 23.7 Å². The fourth-order valence-electron chi connectivity index (χ4n) is 17.6. The molecule has 3 fully saturated rings. The number of nitrogens with zero attached hydrogens (tertiary/aromatic N) is 20. The third-order valence-electron chi connectivity index (χ3n) is 24.3. The van der Waals surface area contributed by atoms with Crippen molar-refractivity contribution in [1.29, 1.82) is 0 Å². The first-order valence-electron chi connectivity index (χ1n) is 44.1. The first-order chi connectivity index (χ1) is 62.6. The second kappa shape index (κ2) is 39.5. The normalized spacial score (nSPS) is 17.0. The van der Waals surface area contributed by atoms with Gasteiger partial charge in [0.05, 0.1) is 82.5 Å². The molecule has 0 radical (unpaired) electrons. The fraction of sp³-hybridized carbons (Fsp3) is 0.364. The van der Waals surface area contributed by atoms with Gasteiger partial charge in [-0.3, -0.25) is 24.2 Å². The van der Waals surface area contributed by atoms with Gasteiger partial charge in [0.15, 0.2) is 22.6 Å². The molecule has 12 aromatic rings. The number of carbonyl (C=O) groups excluding carboxylic acids is 4. The number of amides is 4.